The number of aliphatic hydroxyl groups excluding tert-OH is 1. The molecule has 0 bridgehead atoms. The average Bonchev–Trinajstić information content (AvgIpc) is 2.54. The topological polar surface area (TPSA) is 40.5 Å². The first-order valence-corrected chi connectivity index (χ1v) is 4.77. The largest absolute Gasteiger partial charge is 0.396 e. The summed E-state index contributed by atoms with van der Waals surface area (Å²) in [7, 11) is 0. The van der Waals surface area contributed by atoms with Gasteiger partial charge in [-0.15, -0.1) is 6.58 Å². The maximum absolute atomic E-state index is 11.4. The molecule has 1 amide bonds. The SMILES string of the molecule is C=CCC(=O)N1CCC(CCO)C1. The van der Waals surface area contributed by atoms with Crippen LogP contribution in [0.3, 0.4) is 0 Å². The zero-order valence-electron chi connectivity index (χ0n) is 7.91. The number of carbonyl (C=O) groups excluding carboxylic acids is 1. The van der Waals surface area contributed by atoms with Gasteiger partial charge in [0, 0.05) is 26.1 Å². The fourth-order valence-corrected chi connectivity index (χ4v) is 1.73. The molecule has 0 saturated carbocycles. The molecule has 74 valence electrons. The normalized spacial score (nSPS) is 21.9. The van der Waals surface area contributed by atoms with Gasteiger partial charge < -0.3 is 10.0 Å². The fraction of sp³-hybridized carbons (Fsp3) is 0.700. The van der Waals surface area contributed by atoms with Gasteiger partial charge in [0.1, 0.15) is 0 Å². The van der Waals surface area contributed by atoms with Gasteiger partial charge in [-0.1, -0.05) is 6.08 Å². The Labute approximate surface area is 79.0 Å². The molecule has 1 rings (SSSR count). The lowest BCUT2D eigenvalue weighted by molar-refractivity contribution is -0.129. The highest BCUT2D eigenvalue weighted by molar-refractivity contribution is 5.77. The van der Waals surface area contributed by atoms with Crippen LogP contribution in [0, 0.1) is 5.92 Å². The minimum absolute atomic E-state index is 0.162. The quantitative estimate of drug-likeness (QED) is 0.655. The summed E-state index contributed by atoms with van der Waals surface area (Å²) < 4.78 is 0. The smallest absolute Gasteiger partial charge is 0.226 e. The number of nitrogens with zero attached hydrogens (tertiary/aromatic N) is 1. The fourth-order valence-electron chi connectivity index (χ4n) is 1.73. The van der Waals surface area contributed by atoms with Crippen molar-refractivity contribution in [3.63, 3.8) is 0 Å². The van der Waals surface area contributed by atoms with Crippen LogP contribution in [-0.4, -0.2) is 35.6 Å². The van der Waals surface area contributed by atoms with E-state index in [1.807, 2.05) is 4.90 Å². The first-order chi connectivity index (χ1) is 6.27. The van der Waals surface area contributed by atoms with Crippen molar-refractivity contribution < 1.29 is 9.90 Å². The summed E-state index contributed by atoms with van der Waals surface area (Å²) >= 11 is 0. The summed E-state index contributed by atoms with van der Waals surface area (Å²) in [6, 6.07) is 0. The third-order valence-corrected chi connectivity index (χ3v) is 2.49. The molecular weight excluding hydrogens is 166 g/mol. The molecule has 1 unspecified atom stereocenters. The van der Waals surface area contributed by atoms with Crippen LogP contribution in [0.4, 0.5) is 0 Å². The minimum atomic E-state index is 0.162. The van der Waals surface area contributed by atoms with Crippen LogP contribution in [0.15, 0.2) is 12.7 Å². The molecule has 0 aromatic heterocycles. The standard InChI is InChI=1S/C10H17NO2/c1-2-3-10(13)11-6-4-9(8-11)5-7-12/h2,9,12H,1,3-8H2. The zero-order valence-corrected chi connectivity index (χ0v) is 7.91. The second kappa shape index (κ2) is 5.02. The maximum Gasteiger partial charge on any atom is 0.226 e. The first-order valence-electron chi connectivity index (χ1n) is 4.77. The summed E-state index contributed by atoms with van der Waals surface area (Å²) in [5.41, 5.74) is 0. The first kappa shape index (κ1) is 10.3. The average molecular weight is 183 g/mol. The molecule has 1 fully saturated rings. The Bertz CT molecular complexity index is 191. The van der Waals surface area contributed by atoms with E-state index in [9.17, 15) is 4.79 Å². The van der Waals surface area contributed by atoms with Crippen molar-refractivity contribution >= 4 is 5.91 Å². The molecule has 1 aliphatic heterocycles. The van der Waals surface area contributed by atoms with Gasteiger partial charge >= 0.3 is 0 Å². The third-order valence-electron chi connectivity index (χ3n) is 2.49. The molecular formula is C10H17NO2. The molecule has 3 heteroatoms. The number of amides is 1. The molecule has 0 spiro atoms. The molecule has 1 saturated heterocycles. The Hall–Kier alpha value is -0.830. The molecule has 1 heterocycles. The Kier molecular flexibility index (Phi) is 3.96. The van der Waals surface area contributed by atoms with Crippen molar-refractivity contribution in [2.45, 2.75) is 19.3 Å². The summed E-state index contributed by atoms with van der Waals surface area (Å²) in [6.07, 6.45) is 3.93. The lowest BCUT2D eigenvalue weighted by atomic mass is 10.1. The van der Waals surface area contributed by atoms with Crippen molar-refractivity contribution in [3.05, 3.63) is 12.7 Å². The van der Waals surface area contributed by atoms with Crippen LogP contribution >= 0.6 is 0 Å². The van der Waals surface area contributed by atoms with Gasteiger partial charge in [-0.05, 0) is 18.8 Å². The van der Waals surface area contributed by atoms with Crippen LogP contribution in [0.5, 0.6) is 0 Å². The van der Waals surface area contributed by atoms with Crippen molar-refractivity contribution in [2.24, 2.45) is 5.92 Å². The molecule has 0 aromatic carbocycles. The van der Waals surface area contributed by atoms with Gasteiger partial charge in [-0.3, -0.25) is 4.79 Å². The number of rotatable bonds is 4. The van der Waals surface area contributed by atoms with E-state index in [0.29, 0.717) is 12.3 Å². The van der Waals surface area contributed by atoms with Gasteiger partial charge in [-0.25, -0.2) is 0 Å². The van der Waals surface area contributed by atoms with Gasteiger partial charge in [0.15, 0.2) is 0 Å². The zero-order chi connectivity index (χ0) is 9.68. The van der Waals surface area contributed by atoms with E-state index in [1.54, 1.807) is 6.08 Å². The van der Waals surface area contributed by atoms with Gasteiger partial charge in [0.25, 0.3) is 0 Å². The van der Waals surface area contributed by atoms with Gasteiger partial charge in [-0.2, -0.15) is 0 Å². The van der Waals surface area contributed by atoms with E-state index < -0.39 is 0 Å². The Morgan fingerprint density at radius 1 is 1.69 bits per heavy atom. The van der Waals surface area contributed by atoms with Crippen LogP contribution in [0.2, 0.25) is 0 Å². The Balaban J connectivity index is 2.31. The van der Waals surface area contributed by atoms with Crippen LogP contribution < -0.4 is 0 Å². The highest BCUT2D eigenvalue weighted by atomic mass is 16.3. The molecule has 0 radical (unpaired) electrons. The van der Waals surface area contributed by atoms with Crippen molar-refractivity contribution in [1.29, 1.82) is 0 Å². The van der Waals surface area contributed by atoms with Crippen LogP contribution in [0.25, 0.3) is 0 Å². The molecule has 0 aliphatic carbocycles. The van der Waals surface area contributed by atoms with Crippen molar-refractivity contribution in [3.8, 4) is 0 Å². The maximum atomic E-state index is 11.4. The highest BCUT2D eigenvalue weighted by Crippen LogP contribution is 2.19. The van der Waals surface area contributed by atoms with E-state index in [4.69, 9.17) is 5.11 Å². The number of aliphatic hydroxyl groups is 1. The molecule has 1 aliphatic rings. The van der Waals surface area contributed by atoms with Gasteiger partial charge in [0.2, 0.25) is 5.91 Å². The number of hydrogen-bond donors (Lipinski definition) is 1. The predicted octanol–water partition coefficient (Wildman–Crippen LogP) is 0.793. The van der Waals surface area contributed by atoms with Crippen molar-refractivity contribution in [2.75, 3.05) is 19.7 Å². The summed E-state index contributed by atoms with van der Waals surface area (Å²) in [4.78, 5) is 13.3. The monoisotopic (exact) mass is 183 g/mol. The Morgan fingerprint density at radius 3 is 3.08 bits per heavy atom. The lowest BCUT2D eigenvalue weighted by Crippen LogP contribution is -2.28. The van der Waals surface area contributed by atoms with Crippen LogP contribution in [-0.2, 0) is 4.79 Å². The van der Waals surface area contributed by atoms with Gasteiger partial charge in [0.05, 0.1) is 0 Å². The second-order valence-electron chi connectivity index (χ2n) is 3.50. The number of hydrogen-bond acceptors (Lipinski definition) is 2. The van der Waals surface area contributed by atoms with E-state index in [1.165, 1.54) is 0 Å². The highest BCUT2D eigenvalue weighted by Gasteiger charge is 2.24. The molecule has 3 nitrogen and oxygen atoms in total. The molecule has 1 N–H and O–H groups in total. The number of likely N-dealkylation sites (tertiary alicyclic amines) is 1. The van der Waals surface area contributed by atoms with E-state index >= 15 is 0 Å². The molecule has 0 aromatic rings. The Morgan fingerprint density at radius 2 is 2.46 bits per heavy atom. The van der Waals surface area contributed by atoms with Crippen LogP contribution in [0.1, 0.15) is 19.3 Å². The van der Waals surface area contributed by atoms with E-state index in [0.717, 1.165) is 25.9 Å². The summed E-state index contributed by atoms with van der Waals surface area (Å²) in [5, 5.41) is 8.74. The summed E-state index contributed by atoms with van der Waals surface area (Å²) in [5.74, 6) is 0.661. The second-order valence-corrected chi connectivity index (χ2v) is 3.50. The molecule has 1 atom stereocenters. The van der Waals surface area contributed by atoms with Crippen molar-refractivity contribution in [1.82, 2.24) is 4.90 Å². The summed E-state index contributed by atoms with van der Waals surface area (Å²) in [6.45, 7) is 5.43. The van der Waals surface area contributed by atoms with E-state index in [-0.39, 0.29) is 12.5 Å². The predicted molar refractivity (Wildman–Crippen MR) is 51.2 cm³/mol. The third kappa shape index (κ3) is 2.84. The lowest BCUT2D eigenvalue weighted by Gasteiger charge is -2.14. The number of carbonyl (C=O) groups is 1. The van der Waals surface area contributed by atoms with E-state index in [2.05, 4.69) is 6.58 Å². The minimum Gasteiger partial charge on any atom is -0.396 e. The molecule has 13 heavy (non-hydrogen) atoms.